The normalized spacial score (nSPS) is 18.5. The van der Waals surface area contributed by atoms with Crippen molar-refractivity contribution < 1.29 is 8.42 Å². The Morgan fingerprint density at radius 1 is 1.24 bits per heavy atom. The first kappa shape index (κ1) is 12.4. The Labute approximate surface area is 101 Å². The Bertz CT molecular complexity index is 526. The molecule has 0 atom stereocenters. The zero-order valence-electron chi connectivity index (χ0n) is 9.94. The lowest BCUT2D eigenvalue weighted by Crippen LogP contribution is -2.11. The van der Waals surface area contributed by atoms with Crippen LogP contribution in [0.4, 0.5) is 0 Å². The number of hydrogen-bond donors (Lipinski definition) is 1. The first-order valence-electron chi connectivity index (χ1n) is 5.77. The number of rotatable bonds is 2. The SMILES string of the molecule is Cc1nc(CCN)nc2c1CCS(=O)(=O)CC2. The van der Waals surface area contributed by atoms with E-state index in [1.54, 1.807) is 0 Å². The van der Waals surface area contributed by atoms with Gasteiger partial charge in [0.25, 0.3) is 0 Å². The van der Waals surface area contributed by atoms with E-state index in [-0.39, 0.29) is 11.5 Å². The molecule has 0 bridgehead atoms. The quantitative estimate of drug-likeness (QED) is 0.791. The van der Waals surface area contributed by atoms with E-state index in [0.29, 0.717) is 25.8 Å². The van der Waals surface area contributed by atoms with Gasteiger partial charge in [-0.3, -0.25) is 0 Å². The van der Waals surface area contributed by atoms with Crippen LogP contribution < -0.4 is 5.73 Å². The third-order valence-electron chi connectivity index (χ3n) is 3.03. The minimum Gasteiger partial charge on any atom is -0.330 e. The monoisotopic (exact) mass is 255 g/mol. The standard InChI is InChI=1S/C11H17N3O2S/c1-8-9-3-6-17(15,16)7-4-10(9)14-11(13-8)2-5-12/h2-7,12H2,1H3. The summed E-state index contributed by atoms with van der Waals surface area (Å²) >= 11 is 0. The zero-order valence-corrected chi connectivity index (χ0v) is 10.8. The molecule has 94 valence electrons. The van der Waals surface area contributed by atoms with Crippen LogP contribution in [0.3, 0.4) is 0 Å². The van der Waals surface area contributed by atoms with Crippen molar-refractivity contribution in [1.29, 1.82) is 0 Å². The Morgan fingerprint density at radius 2 is 1.94 bits per heavy atom. The van der Waals surface area contributed by atoms with Crippen LogP contribution in [0, 0.1) is 6.92 Å². The summed E-state index contributed by atoms with van der Waals surface area (Å²) in [5.74, 6) is 1.13. The summed E-state index contributed by atoms with van der Waals surface area (Å²) in [6.07, 6.45) is 1.67. The number of nitrogens with zero attached hydrogens (tertiary/aromatic N) is 2. The van der Waals surface area contributed by atoms with Crippen LogP contribution >= 0.6 is 0 Å². The maximum atomic E-state index is 11.6. The number of aryl methyl sites for hydroxylation is 2. The molecule has 0 saturated carbocycles. The fourth-order valence-corrected chi connectivity index (χ4v) is 3.33. The van der Waals surface area contributed by atoms with Crippen LogP contribution in [0.5, 0.6) is 0 Å². The molecule has 2 N–H and O–H groups in total. The van der Waals surface area contributed by atoms with Gasteiger partial charge in [0.05, 0.1) is 11.5 Å². The Hall–Kier alpha value is -1.01. The second-order valence-corrected chi connectivity index (χ2v) is 6.64. The summed E-state index contributed by atoms with van der Waals surface area (Å²) < 4.78 is 23.2. The molecule has 17 heavy (non-hydrogen) atoms. The van der Waals surface area contributed by atoms with E-state index >= 15 is 0 Å². The lowest BCUT2D eigenvalue weighted by molar-refractivity contribution is 0.596. The maximum Gasteiger partial charge on any atom is 0.151 e. The number of nitrogens with two attached hydrogens (primary N) is 1. The van der Waals surface area contributed by atoms with Gasteiger partial charge >= 0.3 is 0 Å². The lowest BCUT2D eigenvalue weighted by Gasteiger charge is -2.09. The molecular formula is C11H17N3O2S. The Kier molecular flexibility index (Phi) is 3.44. The minimum absolute atomic E-state index is 0.193. The van der Waals surface area contributed by atoms with E-state index in [1.165, 1.54) is 0 Å². The highest BCUT2D eigenvalue weighted by molar-refractivity contribution is 7.91. The number of hydrogen-bond acceptors (Lipinski definition) is 5. The van der Waals surface area contributed by atoms with Crippen LogP contribution in [-0.2, 0) is 29.1 Å². The molecule has 0 saturated heterocycles. The molecular weight excluding hydrogens is 238 g/mol. The minimum atomic E-state index is -2.92. The van der Waals surface area contributed by atoms with Gasteiger partial charge in [-0.1, -0.05) is 0 Å². The molecule has 1 aliphatic heterocycles. The highest BCUT2D eigenvalue weighted by Gasteiger charge is 2.21. The van der Waals surface area contributed by atoms with Gasteiger partial charge < -0.3 is 5.73 Å². The molecule has 1 aliphatic rings. The lowest BCUT2D eigenvalue weighted by atomic mass is 10.1. The predicted octanol–water partition coefficient (Wildman–Crippen LogP) is -0.200. The van der Waals surface area contributed by atoms with Crippen molar-refractivity contribution in [3.63, 3.8) is 0 Å². The van der Waals surface area contributed by atoms with E-state index in [9.17, 15) is 8.42 Å². The second kappa shape index (κ2) is 4.70. The Balaban J connectivity index is 2.39. The summed E-state index contributed by atoms with van der Waals surface area (Å²) in [6.45, 7) is 2.43. The maximum absolute atomic E-state index is 11.6. The largest absolute Gasteiger partial charge is 0.330 e. The summed E-state index contributed by atoms with van der Waals surface area (Å²) in [6, 6.07) is 0. The third kappa shape index (κ3) is 2.81. The van der Waals surface area contributed by atoms with Crippen molar-refractivity contribution in [3.05, 3.63) is 22.8 Å². The van der Waals surface area contributed by atoms with Crippen molar-refractivity contribution in [2.45, 2.75) is 26.2 Å². The summed E-state index contributed by atoms with van der Waals surface area (Å²) in [5.41, 5.74) is 8.28. The third-order valence-corrected chi connectivity index (χ3v) is 4.68. The predicted molar refractivity (Wildman–Crippen MR) is 65.6 cm³/mol. The average Bonchev–Trinajstić information content (AvgIpc) is 2.39. The molecule has 2 heterocycles. The number of sulfone groups is 1. The van der Waals surface area contributed by atoms with Crippen LogP contribution in [0.25, 0.3) is 0 Å². The molecule has 0 aliphatic carbocycles. The Morgan fingerprint density at radius 3 is 2.65 bits per heavy atom. The van der Waals surface area contributed by atoms with Crippen molar-refractivity contribution in [1.82, 2.24) is 9.97 Å². The first-order chi connectivity index (χ1) is 8.02. The van der Waals surface area contributed by atoms with Crippen molar-refractivity contribution in [3.8, 4) is 0 Å². The van der Waals surface area contributed by atoms with Gasteiger partial charge in [0.2, 0.25) is 0 Å². The molecule has 1 aromatic rings. The van der Waals surface area contributed by atoms with Gasteiger partial charge in [-0.05, 0) is 25.5 Å². The van der Waals surface area contributed by atoms with Crippen molar-refractivity contribution in [2.75, 3.05) is 18.1 Å². The number of aromatic nitrogens is 2. The van der Waals surface area contributed by atoms with Gasteiger partial charge in [0.15, 0.2) is 9.84 Å². The highest BCUT2D eigenvalue weighted by Crippen LogP contribution is 2.18. The van der Waals surface area contributed by atoms with Crippen molar-refractivity contribution >= 4 is 9.84 Å². The molecule has 0 aromatic carbocycles. The molecule has 0 amide bonds. The molecule has 2 rings (SSSR count). The van der Waals surface area contributed by atoms with E-state index in [4.69, 9.17) is 5.73 Å². The van der Waals surface area contributed by atoms with Gasteiger partial charge in [-0.15, -0.1) is 0 Å². The molecule has 0 unspecified atom stereocenters. The fourth-order valence-electron chi connectivity index (χ4n) is 2.10. The average molecular weight is 255 g/mol. The zero-order chi connectivity index (χ0) is 12.5. The molecule has 1 aromatic heterocycles. The summed E-state index contributed by atoms with van der Waals surface area (Å²) in [4.78, 5) is 8.81. The van der Waals surface area contributed by atoms with Gasteiger partial charge in [-0.2, -0.15) is 0 Å². The van der Waals surface area contributed by atoms with Gasteiger partial charge in [0.1, 0.15) is 5.82 Å². The summed E-state index contributed by atoms with van der Waals surface area (Å²) in [7, 11) is -2.92. The topological polar surface area (TPSA) is 85.9 Å². The van der Waals surface area contributed by atoms with Gasteiger partial charge in [0, 0.05) is 24.2 Å². The van der Waals surface area contributed by atoms with E-state index in [0.717, 1.165) is 22.8 Å². The van der Waals surface area contributed by atoms with Crippen LogP contribution in [0.15, 0.2) is 0 Å². The van der Waals surface area contributed by atoms with Crippen molar-refractivity contribution in [2.24, 2.45) is 5.73 Å². The van der Waals surface area contributed by atoms with Gasteiger partial charge in [-0.25, -0.2) is 18.4 Å². The van der Waals surface area contributed by atoms with E-state index < -0.39 is 9.84 Å². The molecule has 5 nitrogen and oxygen atoms in total. The van der Waals surface area contributed by atoms with Crippen LogP contribution in [-0.4, -0.2) is 36.4 Å². The fraction of sp³-hybridized carbons (Fsp3) is 0.636. The summed E-state index contributed by atoms with van der Waals surface area (Å²) in [5, 5.41) is 0. The van der Waals surface area contributed by atoms with Crippen LogP contribution in [0.2, 0.25) is 0 Å². The van der Waals surface area contributed by atoms with E-state index in [1.807, 2.05) is 6.92 Å². The van der Waals surface area contributed by atoms with E-state index in [2.05, 4.69) is 9.97 Å². The van der Waals surface area contributed by atoms with Crippen LogP contribution in [0.1, 0.15) is 22.8 Å². The number of fused-ring (bicyclic) bond motifs is 1. The molecule has 0 fully saturated rings. The first-order valence-corrected chi connectivity index (χ1v) is 7.60. The molecule has 0 spiro atoms. The second-order valence-electron chi connectivity index (χ2n) is 4.34. The molecule has 0 radical (unpaired) electrons. The highest BCUT2D eigenvalue weighted by atomic mass is 32.2. The molecule has 6 heteroatoms. The smallest absolute Gasteiger partial charge is 0.151 e.